The number of hydrazone groups is 1. The van der Waals surface area contributed by atoms with Gasteiger partial charge in [0, 0.05) is 5.56 Å². The summed E-state index contributed by atoms with van der Waals surface area (Å²) in [6.45, 7) is 2.48. The van der Waals surface area contributed by atoms with Gasteiger partial charge in [0.1, 0.15) is 6.61 Å². The smallest absolute Gasteiger partial charge is 0.335 e. The van der Waals surface area contributed by atoms with Gasteiger partial charge in [0.25, 0.3) is 5.91 Å². The number of benzene rings is 3. The molecule has 3 aromatic carbocycles. The fourth-order valence-corrected chi connectivity index (χ4v) is 3.62. The van der Waals surface area contributed by atoms with Crippen LogP contribution in [0.15, 0.2) is 59.7 Å². The van der Waals surface area contributed by atoms with E-state index in [0.717, 1.165) is 5.56 Å². The molecule has 0 spiro atoms. The number of ether oxygens (including phenoxy) is 3. The lowest BCUT2D eigenvalue weighted by Crippen LogP contribution is -2.17. The number of nitrogens with one attached hydrogen (secondary N) is 1. The average molecular weight is 517 g/mol. The molecule has 1 amide bonds. The van der Waals surface area contributed by atoms with Gasteiger partial charge in [0.05, 0.1) is 35.5 Å². The van der Waals surface area contributed by atoms with Crippen molar-refractivity contribution in [1.82, 2.24) is 5.43 Å². The Morgan fingerprint density at radius 1 is 0.971 bits per heavy atom. The highest BCUT2D eigenvalue weighted by atomic mass is 35.5. The van der Waals surface area contributed by atoms with E-state index < -0.39 is 11.9 Å². The van der Waals surface area contributed by atoms with Gasteiger partial charge in [-0.15, -0.1) is 0 Å². The Labute approximate surface area is 212 Å². The second kappa shape index (κ2) is 12.1. The van der Waals surface area contributed by atoms with Crippen molar-refractivity contribution >= 4 is 41.3 Å². The van der Waals surface area contributed by atoms with Crippen molar-refractivity contribution in [2.24, 2.45) is 5.10 Å². The summed E-state index contributed by atoms with van der Waals surface area (Å²) in [6.07, 6.45) is 1.40. The van der Waals surface area contributed by atoms with Gasteiger partial charge in [0.2, 0.25) is 0 Å². The Hall–Kier alpha value is -3.75. The van der Waals surface area contributed by atoms with E-state index in [9.17, 15) is 9.59 Å². The summed E-state index contributed by atoms with van der Waals surface area (Å²) in [4.78, 5) is 23.4. The van der Waals surface area contributed by atoms with Crippen LogP contribution in [0.5, 0.6) is 17.2 Å². The number of carbonyl (C=O) groups excluding carboxylic acids is 1. The monoisotopic (exact) mass is 516 g/mol. The molecule has 0 bridgehead atoms. The van der Waals surface area contributed by atoms with Crippen LogP contribution in [0.2, 0.25) is 10.0 Å². The number of carboxylic acids is 1. The fourth-order valence-electron chi connectivity index (χ4n) is 3.00. The van der Waals surface area contributed by atoms with E-state index in [1.807, 2.05) is 6.92 Å². The Morgan fingerprint density at radius 3 is 2.23 bits per heavy atom. The number of methoxy groups -OCH3 is 1. The van der Waals surface area contributed by atoms with E-state index >= 15 is 0 Å². The standard InChI is InChI=1S/C25H22Cl2N2O6/c1-3-34-21-9-8-18(12-22(21)33-2)24(30)29-28-13-16-10-19(26)23(20(27)11-16)35-14-15-4-6-17(7-5-15)25(31)32/h4-13H,3,14H2,1-2H3,(H,29,30)(H,31,32)/b28-13+. The lowest BCUT2D eigenvalue weighted by molar-refractivity contribution is 0.0696. The molecule has 0 aromatic heterocycles. The molecule has 3 aromatic rings. The molecule has 0 atom stereocenters. The van der Waals surface area contributed by atoms with E-state index in [-0.39, 0.29) is 28.0 Å². The van der Waals surface area contributed by atoms with Gasteiger partial charge >= 0.3 is 5.97 Å². The SMILES string of the molecule is CCOc1ccc(C(=O)N/N=C/c2cc(Cl)c(OCc3ccc(C(=O)O)cc3)c(Cl)c2)cc1OC. The van der Waals surface area contributed by atoms with Gasteiger partial charge in [-0.2, -0.15) is 5.10 Å². The zero-order valence-corrected chi connectivity index (χ0v) is 20.4. The highest BCUT2D eigenvalue weighted by molar-refractivity contribution is 6.37. The Bertz CT molecular complexity index is 1220. The Kier molecular flexibility index (Phi) is 8.94. The molecule has 0 radical (unpaired) electrons. The summed E-state index contributed by atoms with van der Waals surface area (Å²) < 4.78 is 16.4. The minimum absolute atomic E-state index is 0.147. The molecule has 0 aliphatic rings. The van der Waals surface area contributed by atoms with E-state index in [4.69, 9.17) is 42.5 Å². The van der Waals surface area contributed by atoms with Crippen molar-refractivity contribution in [3.8, 4) is 17.2 Å². The first-order valence-corrected chi connectivity index (χ1v) is 11.2. The van der Waals surface area contributed by atoms with E-state index in [0.29, 0.717) is 29.2 Å². The molecule has 182 valence electrons. The third kappa shape index (κ3) is 6.88. The lowest BCUT2D eigenvalue weighted by Gasteiger charge is -2.11. The number of carbonyl (C=O) groups is 2. The summed E-state index contributed by atoms with van der Waals surface area (Å²) in [7, 11) is 1.49. The topological polar surface area (TPSA) is 106 Å². The number of nitrogens with zero attached hydrogens (tertiary/aromatic N) is 1. The van der Waals surface area contributed by atoms with Gasteiger partial charge in [-0.25, -0.2) is 10.2 Å². The van der Waals surface area contributed by atoms with Gasteiger partial charge in [-0.3, -0.25) is 4.79 Å². The van der Waals surface area contributed by atoms with Crippen LogP contribution >= 0.6 is 23.2 Å². The summed E-state index contributed by atoms with van der Waals surface area (Å²) >= 11 is 12.6. The van der Waals surface area contributed by atoms with Gasteiger partial charge < -0.3 is 19.3 Å². The number of carboxylic acid groups (broad SMARTS) is 1. The van der Waals surface area contributed by atoms with Crippen molar-refractivity contribution in [1.29, 1.82) is 0 Å². The quantitative estimate of drug-likeness (QED) is 0.274. The normalized spacial score (nSPS) is 10.7. The lowest BCUT2D eigenvalue weighted by atomic mass is 10.1. The maximum absolute atomic E-state index is 12.4. The van der Waals surface area contributed by atoms with Crippen LogP contribution in [0.1, 0.15) is 38.8 Å². The maximum atomic E-state index is 12.4. The first-order chi connectivity index (χ1) is 16.8. The largest absolute Gasteiger partial charge is 0.493 e. The summed E-state index contributed by atoms with van der Waals surface area (Å²) in [6, 6.07) is 14.3. The molecule has 0 saturated heterocycles. The van der Waals surface area contributed by atoms with Crippen molar-refractivity contribution in [3.63, 3.8) is 0 Å². The van der Waals surface area contributed by atoms with Crippen molar-refractivity contribution in [2.45, 2.75) is 13.5 Å². The van der Waals surface area contributed by atoms with Crippen LogP contribution in [0.3, 0.4) is 0 Å². The third-order valence-electron chi connectivity index (χ3n) is 4.71. The number of rotatable bonds is 10. The summed E-state index contributed by atoms with van der Waals surface area (Å²) in [5.41, 5.74) is 4.26. The molecule has 0 aliphatic heterocycles. The van der Waals surface area contributed by atoms with Crippen LogP contribution in [-0.2, 0) is 6.61 Å². The van der Waals surface area contributed by atoms with E-state index in [2.05, 4.69) is 10.5 Å². The van der Waals surface area contributed by atoms with Crippen molar-refractivity contribution < 1.29 is 28.9 Å². The number of halogens is 2. The second-order valence-electron chi connectivity index (χ2n) is 7.10. The minimum Gasteiger partial charge on any atom is -0.493 e. The van der Waals surface area contributed by atoms with E-state index in [1.54, 1.807) is 42.5 Å². The average Bonchev–Trinajstić information content (AvgIpc) is 2.84. The first kappa shape index (κ1) is 25.9. The number of hydrogen-bond donors (Lipinski definition) is 2. The molecule has 0 heterocycles. The van der Waals surface area contributed by atoms with Crippen LogP contribution in [-0.4, -0.2) is 36.9 Å². The second-order valence-corrected chi connectivity index (χ2v) is 7.92. The van der Waals surface area contributed by atoms with Crippen LogP contribution in [0, 0.1) is 0 Å². The zero-order valence-electron chi connectivity index (χ0n) is 18.9. The Morgan fingerprint density at radius 2 is 1.63 bits per heavy atom. The number of amides is 1. The van der Waals surface area contributed by atoms with Crippen LogP contribution in [0.4, 0.5) is 0 Å². The predicted molar refractivity (Wildman–Crippen MR) is 133 cm³/mol. The van der Waals surface area contributed by atoms with Gasteiger partial charge in [-0.1, -0.05) is 35.3 Å². The molecule has 0 fully saturated rings. The first-order valence-electron chi connectivity index (χ1n) is 10.4. The summed E-state index contributed by atoms with van der Waals surface area (Å²) in [5.74, 6) is -0.183. The van der Waals surface area contributed by atoms with Gasteiger partial charge in [0.15, 0.2) is 17.2 Å². The molecule has 35 heavy (non-hydrogen) atoms. The molecular formula is C25H22Cl2N2O6. The van der Waals surface area contributed by atoms with E-state index in [1.165, 1.54) is 25.5 Å². The van der Waals surface area contributed by atoms with Crippen LogP contribution in [0.25, 0.3) is 0 Å². The minimum atomic E-state index is -1.00. The fraction of sp³-hybridized carbons (Fsp3) is 0.160. The molecule has 2 N–H and O–H groups in total. The molecule has 3 rings (SSSR count). The third-order valence-corrected chi connectivity index (χ3v) is 5.27. The highest BCUT2D eigenvalue weighted by Crippen LogP contribution is 2.34. The van der Waals surface area contributed by atoms with Crippen molar-refractivity contribution in [3.05, 3.63) is 86.9 Å². The maximum Gasteiger partial charge on any atom is 0.335 e. The highest BCUT2D eigenvalue weighted by Gasteiger charge is 2.12. The molecule has 8 nitrogen and oxygen atoms in total. The molecule has 0 aliphatic carbocycles. The predicted octanol–water partition coefficient (Wildman–Crippen LogP) is 5.44. The van der Waals surface area contributed by atoms with Gasteiger partial charge in [-0.05, 0) is 60.5 Å². The Balaban J connectivity index is 1.63. The molecule has 10 heteroatoms. The number of aromatic carboxylic acids is 1. The van der Waals surface area contributed by atoms with Crippen LogP contribution < -0.4 is 19.6 Å². The molecule has 0 unspecified atom stereocenters. The number of hydrogen-bond acceptors (Lipinski definition) is 6. The summed E-state index contributed by atoms with van der Waals surface area (Å²) in [5, 5.41) is 13.4. The zero-order chi connectivity index (χ0) is 25.4. The van der Waals surface area contributed by atoms with Crippen molar-refractivity contribution in [2.75, 3.05) is 13.7 Å². The molecular weight excluding hydrogens is 495 g/mol. The molecule has 0 saturated carbocycles.